The summed E-state index contributed by atoms with van der Waals surface area (Å²) in [5.41, 5.74) is 0.433. The fourth-order valence-corrected chi connectivity index (χ4v) is 5.20. The van der Waals surface area contributed by atoms with Crippen LogP contribution in [-0.2, 0) is 19.6 Å². The second-order valence-electron chi connectivity index (χ2n) is 5.31. The van der Waals surface area contributed by atoms with E-state index in [2.05, 4.69) is 10.6 Å². The molecule has 4 N–H and O–H groups in total. The van der Waals surface area contributed by atoms with Crippen molar-refractivity contribution in [1.29, 1.82) is 0 Å². The number of nitrogens with two attached hydrogens (primary N) is 1. The average molecular weight is 363 g/mol. The molecule has 0 radical (unpaired) electrons. The largest absolute Gasteiger partial charge is 0.356 e. The summed E-state index contributed by atoms with van der Waals surface area (Å²) in [4.78, 5) is 23.8. The molecule has 0 bridgehead atoms. The van der Waals surface area contributed by atoms with Crippen LogP contribution in [0.1, 0.15) is 20.3 Å². The molecule has 7 nitrogen and oxygen atoms in total. The first-order chi connectivity index (χ1) is 10.2. The Bertz CT molecular complexity index is 696. The van der Waals surface area contributed by atoms with Crippen molar-refractivity contribution in [3.63, 3.8) is 0 Å². The molecule has 0 unspecified atom stereocenters. The molecule has 1 aliphatic heterocycles. The number of primary sulfonamides is 1. The van der Waals surface area contributed by atoms with E-state index in [-0.39, 0.29) is 22.4 Å². The zero-order chi connectivity index (χ0) is 16.5. The van der Waals surface area contributed by atoms with Crippen molar-refractivity contribution in [2.75, 3.05) is 11.9 Å². The maximum absolute atomic E-state index is 12.0. The van der Waals surface area contributed by atoms with Gasteiger partial charge >= 0.3 is 0 Å². The monoisotopic (exact) mass is 363 g/mol. The van der Waals surface area contributed by atoms with E-state index in [1.807, 2.05) is 13.8 Å². The fourth-order valence-electron chi connectivity index (χ4n) is 1.76. The Morgan fingerprint density at radius 3 is 2.77 bits per heavy atom. The molecule has 0 fully saturated rings. The zero-order valence-electron chi connectivity index (χ0n) is 12.1. The van der Waals surface area contributed by atoms with Crippen LogP contribution in [0.2, 0.25) is 0 Å². The average Bonchev–Trinajstić information content (AvgIpc) is 2.79. The Morgan fingerprint density at radius 1 is 1.50 bits per heavy atom. The lowest BCUT2D eigenvalue weighted by atomic mass is 10.2. The van der Waals surface area contributed by atoms with Gasteiger partial charge in [-0.3, -0.25) is 9.59 Å². The van der Waals surface area contributed by atoms with Crippen LogP contribution in [0.15, 0.2) is 14.5 Å². The highest BCUT2D eigenvalue weighted by molar-refractivity contribution is 8.03. The minimum absolute atomic E-state index is 0.00444. The smallest absolute Gasteiger partial charge is 0.247 e. The molecule has 0 spiro atoms. The molecule has 1 aromatic heterocycles. The summed E-state index contributed by atoms with van der Waals surface area (Å²) >= 11 is 2.19. The number of nitrogens with one attached hydrogen (secondary N) is 2. The van der Waals surface area contributed by atoms with Crippen LogP contribution in [0, 0.1) is 5.92 Å². The van der Waals surface area contributed by atoms with E-state index in [1.165, 1.54) is 17.8 Å². The third-order valence-corrected chi connectivity index (χ3v) is 6.82. The van der Waals surface area contributed by atoms with Gasteiger partial charge in [-0.15, -0.1) is 11.3 Å². The molecular weight excluding hydrogens is 346 g/mol. The van der Waals surface area contributed by atoms with E-state index >= 15 is 0 Å². The molecule has 1 aliphatic rings. The first kappa shape index (κ1) is 17.3. The number of amides is 2. The van der Waals surface area contributed by atoms with E-state index in [0.29, 0.717) is 22.4 Å². The van der Waals surface area contributed by atoms with Gasteiger partial charge < -0.3 is 10.6 Å². The summed E-state index contributed by atoms with van der Waals surface area (Å²) in [5, 5.41) is 9.89. The second kappa shape index (κ2) is 6.57. The number of rotatable bonds is 5. The zero-order valence-corrected chi connectivity index (χ0v) is 14.5. The first-order valence-corrected chi connectivity index (χ1v) is 9.82. The third-order valence-electron chi connectivity index (χ3n) is 2.83. The summed E-state index contributed by atoms with van der Waals surface area (Å²) in [7, 11) is -3.80. The SMILES string of the molecule is CC(C)CNC(=O)C[C@@H]1Sc2sc(S(N)(=O)=O)cc2NC1=O. The van der Waals surface area contributed by atoms with Crippen molar-refractivity contribution in [3.05, 3.63) is 6.07 Å². The van der Waals surface area contributed by atoms with Gasteiger partial charge in [0, 0.05) is 13.0 Å². The number of hydrogen-bond acceptors (Lipinski definition) is 6. The Morgan fingerprint density at radius 2 is 2.18 bits per heavy atom. The van der Waals surface area contributed by atoms with Gasteiger partial charge in [0.2, 0.25) is 21.8 Å². The van der Waals surface area contributed by atoms with Crippen molar-refractivity contribution in [2.45, 2.75) is 33.9 Å². The third kappa shape index (κ3) is 4.22. The van der Waals surface area contributed by atoms with Crippen LogP contribution >= 0.6 is 23.1 Å². The highest BCUT2D eigenvalue weighted by Crippen LogP contribution is 2.43. The quantitative estimate of drug-likeness (QED) is 0.720. The Kier molecular flexibility index (Phi) is 5.15. The van der Waals surface area contributed by atoms with Crippen molar-refractivity contribution in [1.82, 2.24) is 5.32 Å². The summed E-state index contributed by atoms with van der Waals surface area (Å²) in [6.07, 6.45) is 0.0469. The molecular formula is C12H17N3O4S3. The maximum atomic E-state index is 12.0. The number of thiophene rings is 1. The number of thioether (sulfide) groups is 1. The van der Waals surface area contributed by atoms with E-state index in [9.17, 15) is 18.0 Å². The van der Waals surface area contributed by atoms with Crippen molar-refractivity contribution >= 4 is 50.6 Å². The van der Waals surface area contributed by atoms with E-state index in [1.54, 1.807) is 0 Å². The van der Waals surface area contributed by atoms with Gasteiger partial charge in [0.1, 0.15) is 4.21 Å². The molecule has 1 atom stereocenters. The molecule has 2 heterocycles. The molecule has 122 valence electrons. The number of fused-ring (bicyclic) bond motifs is 1. The molecule has 0 aromatic carbocycles. The predicted octanol–water partition coefficient (Wildman–Crippen LogP) is 0.971. The molecule has 0 aliphatic carbocycles. The number of carbonyl (C=O) groups is 2. The Labute approximate surface area is 137 Å². The lowest BCUT2D eigenvalue weighted by Gasteiger charge is -2.21. The molecule has 0 saturated carbocycles. The molecule has 2 amide bonds. The first-order valence-electron chi connectivity index (χ1n) is 6.57. The molecule has 10 heteroatoms. The van der Waals surface area contributed by atoms with E-state index < -0.39 is 15.3 Å². The number of hydrogen-bond donors (Lipinski definition) is 3. The van der Waals surface area contributed by atoms with Gasteiger partial charge in [-0.2, -0.15) is 0 Å². The van der Waals surface area contributed by atoms with Crippen molar-refractivity contribution in [2.24, 2.45) is 11.1 Å². The van der Waals surface area contributed by atoms with E-state index in [0.717, 1.165) is 11.3 Å². The van der Waals surface area contributed by atoms with Crippen LogP contribution in [0.4, 0.5) is 5.69 Å². The second-order valence-corrected chi connectivity index (χ2v) is 9.62. The molecule has 1 aromatic rings. The minimum atomic E-state index is -3.80. The van der Waals surface area contributed by atoms with Gasteiger partial charge in [-0.25, -0.2) is 13.6 Å². The summed E-state index contributed by atoms with van der Waals surface area (Å²) in [5.74, 6) is -0.179. The van der Waals surface area contributed by atoms with Gasteiger partial charge in [-0.05, 0) is 12.0 Å². The maximum Gasteiger partial charge on any atom is 0.247 e. The standard InChI is InChI=1S/C12H17N3O4S3/c1-6(2)5-14-9(16)4-8-11(17)15-7-3-10(22(13,18)19)21-12(7)20-8/h3,6,8H,4-5H2,1-2H3,(H,14,16)(H,15,17)(H2,13,18,19)/t8-/m0/s1. The summed E-state index contributed by atoms with van der Waals surface area (Å²) in [6.45, 7) is 4.52. The molecule has 2 rings (SSSR count). The van der Waals surface area contributed by atoms with Gasteiger partial charge in [-0.1, -0.05) is 25.6 Å². The lowest BCUT2D eigenvalue weighted by molar-refractivity contribution is -0.124. The number of anilines is 1. The van der Waals surface area contributed by atoms with Crippen LogP contribution in [-0.4, -0.2) is 32.0 Å². The normalized spacial score (nSPS) is 18.0. The molecule has 0 saturated heterocycles. The van der Waals surface area contributed by atoms with Gasteiger partial charge in [0.25, 0.3) is 0 Å². The lowest BCUT2D eigenvalue weighted by Crippen LogP contribution is -2.35. The van der Waals surface area contributed by atoms with Crippen LogP contribution < -0.4 is 15.8 Å². The van der Waals surface area contributed by atoms with E-state index in [4.69, 9.17) is 5.14 Å². The Hall–Kier alpha value is -1.10. The highest BCUT2D eigenvalue weighted by Gasteiger charge is 2.31. The van der Waals surface area contributed by atoms with Gasteiger partial charge in [0.15, 0.2) is 0 Å². The topological polar surface area (TPSA) is 118 Å². The summed E-state index contributed by atoms with van der Waals surface area (Å²) < 4.78 is 23.3. The van der Waals surface area contributed by atoms with Gasteiger partial charge in [0.05, 0.1) is 15.1 Å². The van der Waals surface area contributed by atoms with Crippen LogP contribution in [0.5, 0.6) is 0 Å². The number of sulfonamides is 1. The number of carbonyl (C=O) groups excluding carboxylic acids is 2. The predicted molar refractivity (Wildman–Crippen MR) is 86.4 cm³/mol. The minimum Gasteiger partial charge on any atom is -0.356 e. The van der Waals surface area contributed by atoms with Crippen LogP contribution in [0.3, 0.4) is 0 Å². The van der Waals surface area contributed by atoms with Crippen molar-refractivity contribution < 1.29 is 18.0 Å². The summed E-state index contributed by atoms with van der Waals surface area (Å²) in [6, 6.07) is 1.34. The Balaban J connectivity index is 2.07. The fraction of sp³-hybridized carbons (Fsp3) is 0.500. The van der Waals surface area contributed by atoms with Crippen molar-refractivity contribution in [3.8, 4) is 0 Å². The molecule has 22 heavy (non-hydrogen) atoms. The highest BCUT2D eigenvalue weighted by atomic mass is 32.3. The van der Waals surface area contributed by atoms with Crippen LogP contribution in [0.25, 0.3) is 0 Å².